The molecule has 1 aromatic carbocycles. The van der Waals surface area contributed by atoms with Gasteiger partial charge in [0, 0.05) is 31.3 Å². The van der Waals surface area contributed by atoms with Crippen LogP contribution in [0.15, 0.2) is 34.7 Å². The van der Waals surface area contributed by atoms with Crippen LogP contribution in [-0.2, 0) is 14.3 Å². The SMILES string of the molecule is C#CCCC#COC(=O)C1=C(C)N(C)C(C)=C(C(=O)O)C1c1cc(OC)c(OC)c(OC)c1. The fraction of sp³-hybridized carbons (Fsp3) is 0.360. The van der Waals surface area contributed by atoms with Crippen LogP contribution in [0.3, 0.4) is 0 Å². The largest absolute Gasteiger partial charge is 0.493 e. The Kier molecular flexibility index (Phi) is 8.42. The molecule has 1 aliphatic heterocycles. The monoisotopic (exact) mass is 453 g/mol. The number of hydrogen-bond acceptors (Lipinski definition) is 7. The van der Waals surface area contributed by atoms with Crippen LogP contribution in [0, 0.1) is 24.4 Å². The zero-order chi connectivity index (χ0) is 24.7. The second-order valence-corrected chi connectivity index (χ2v) is 7.13. The molecule has 0 aliphatic carbocycles. The molecule has 0 spiro atoms. The number of esters is 1. The molecule has 0 amide bonds. The molecule has 174 valence electrons. The zero-order valence-corrected chi connectivity index (χ0v) is 19.6. The van der Waals surface area contributed by atoms with E-state index in [4.69, 9.17) is 25.4 Å². The molecule has 0 bridgehead atoms. The highest BCUT2D eigenvalue weighted by Crippen LogP contribution is 2.46. The van der Waals surface area contributed by atoms with Gasteiger partial charge in [-0.3, -0.25) is 0 Å². The highest BCUT2D eigenvalue weighted by molar-refractivity contribution is 5.99. The molecule has 0 saturated heterocycles. The van der Waals surface area contributed by atoms with E-state index in [1.54, 1.807) is 37.9 Å². The van der Waals surface area contributed by atoms with E-state index in [2.05, 4.69) is 17.9 Å². The second kappa shape index (κ2) is 11.0. The first-order valence-corrected chi connectivity index (χ1v) is 10.0. The number of allylic oxidation sites excluding steroid dienone is 2. The average Bonchev–Trinajstić information content (AvgIpc) is 2.80. The summed E-state index contributed by atoms with van der Waals surface area (Å²) >= 11 is 0. The number of carbonyl (C=O) groups excluding carboxylic acids is 1. The number of terminal acetylenes is 1. The van der Waals surface area contributed by atoms with Gasteiger partial charge in [0.2, 0.25) is 5.75 Å². The third kappa shape index (κ3) is 5.07. The van der Waals surface area contributed by atoms with Gasteiger partial charge in [-0.25, -0.2) is 9.59 Å². The van der Waals surface area contributed by atoms with E-state index >= 15 is 0 Å². The standard InChI is InChI=1S/C25H27NO7/c1-8-9-10-11-12-33-25(29)21-16(3)26(4)15(2)20(24(27)28)22(21)17-13-18(30-5)23(32-7)19(14-17)31-6/h1,13-14,22H,9-10H2,2-7H3,(H,27,28). The molecule has 1 heterocycles. The van der Waals surface area contributed by atoms with Gasteiger partial charge in [-0.1, -0.05) is 5.92 Å². The van der Waals surface area contributed by atoms with E-state index < -0.39 is 17.9 Å². The van der Waals surface area contributed by atoms with E-state index in [-0.39, 0.29) is 11.1 Å². The first-order chi connectivity index (χ1) is 15.7. The van der Waals surface area contributed by atoms with Gasteiger partial charge in [0.15, 0.2) is 11.5 Å². The topological polar surface area (TPSA) is 94.5 Å². The molecule has 1 N–H and O–H groups in total. The maximum atomic E-state index is 13.1. The quantitative estimate of drug-likeness (QED) is 0.382. The van der Waals surface area contributed by atoms with Crippen molar-refractivity contribution in [2.45, 2.75) is 32.6 Å². The minimum atomic E-state index is -1.17. The molecular formula is C25H27NO7. The van der Waals surface area contributed by atoms with E-state index in [0.717, 1.165) is 0 Å². The van der Waals surface area contributed by atoms with Crippen LogP contribution < -0.4 is 14.2 Å². The number of hydrogen-bond donors (Lipinski definition) is 1. The number of methoxy groups -OCH3 is 3. The lowest BCUT2D eigenvalue weighted by molar-refractivity contribution is -0.133. The Balaban J connectivity index is 2.72. The Morgan fingerprint density at radius 2 is 1.61 bits per heavy atom. The highest BCUT2D eigenvalue weighted by Gasteiger charge is 2.40. The summed E-state index contributed by atoms with van der Waals surface area (Å²) < 4.78 is 21.4. The molecule has 0 saturated carbocycles. The molecular weight excluding hydrogens is 426 g/mol. The van der Waals surface area contributed by atoms with Crippen LogP contribution in [0.1, 0.15) is 38.2 Å². The third-order valence-corrected chi connectivity index (χ3v) is 5.44. The number of unbranched alkanes of at least 4 members (excludes halogenated alkanes) is 1. The van der Waals surface area contributed by atoms with Crippen molar-refractivity contribution in [3.8, 4) is 41.6 Å². The summed E-state index contributed by atoms with van der Waals surface area (Å²) in [5, 5.41) is 10.1. The summed E-state index contributed by atoms with van der Waals surface area (Å²) in [5.41, 5.74) is 1.63. The van der Waals surface area contributed by atoms with Crippen LogP contribution in [0.25, 0.3) is 0 Å². The summed E-state index contributed by atoms with van der Waals surface area (Å²) in [5.74, 6) is 3.24. The van der Waals surface area contributed by atoms with Crippen molar-refractivity contribution >= 4 is 11.9 Å². The minimum absolute atomic E-state index is 0.0182. The molecule has 2 rings (SSSR count). The first kappa shape index (κ1) is 25.2. The number of carboxylic acid groups (broad SMARTS) is 1. The Morgan fingerprint density at radius 3 is 2.09 bits per heavy atom. The molecule has 33 heavy (non-hydrogen) atoms. The van der Waals surface area contributed by atoms with Gasteiger partial charge in [0.25, 0.3) is 0 Å². The van der Waals surface area contributed by atoms with Gasteiger partial charge in [-0.15, -0.1) is 12.3 Å². The molecule has 0 aromatic heterocycles. The number of ether oxygens (including phenoxy) is 4. The van der Waals surface area contributed by atoms with Gasteiger partial charge in [0.1, 0.15) is 6.11 Å². The number of rotatable bonds is 7. The van der Waals surface area contributed by atoms with Crippen LogP contribution in [0.4, 0.5) is 0 Å². The van der Waals surface area contributed by atoms with Crippen molar-refractivity contribution in [1.82, 2.24) is 4.90 Å². The van der Waals surface area contributed by atoms with E-state index in [1.165, 1.54) is 21.3 Å². The molecule has 1 atom stereocenters. The Hall–Kier alpha value is -4.04. The Labute approximate surface area is 193 Å². The van der Waals surface area contributed by atoms with Crippen LogP contribution in [0.5, 0.6) is 17.2 Å². The van der Waals surface area contributed by atoms with E-state index in [9.17, 15) is 14.7 Å². The summed E-state index contributed by atoms with van der Waals surface area (Å²) in [6, 6.07) is 3.24. The summed E-state index contributed by atoms with van der Waals surface area (Å²) in [4.78, 5) is 27.1. The van der Waals surface area contributed by atoms with Gasteiger partial charge in [0.05, 0.1) is 38.4 Å². The Morgan fingerprint density at radius 1 is 1.03 bits per heavy atom. The molecule has 0 radical (unpaired) electrons. The minimum Gasteiger partial charge on any atom is -0.493 e. The summed E-state index contributed by atoms with van der Waals surface area (Å²) in [6.07, 6.45) is 8.36. The van der Waals surface area contributed by atoms with Crippen molar-refractivity contribution in [3.05, 3.63) is 40.2 Å². The molecule has 8 heteroatoms. The lowest BCUT2D eigenvalue weighted by Gasteiger charge is -2.35. The number of nitrogens with zero attached hydrogens (tertiary/aromatic N) is 1. The van der Waals surface area contributed by atoms with Crippen molar-refractivity contribution in [3.63, 3.8) is 0 Å². The fourth-order valence-corrected chi connectivity index (χ4v) is 3.64. The van der Waals surface area contributed by atoms with Crippen LogP contribution in [0.2, 0.25) is 0 Å². The number of benzene rings is 1. The summed E-state index contributed by atoms with van der Waals surface area (Å²) in [6.45, 7) is 3.40. The molecule has 1 unspecified atom stereocenters. The molecule has 1 aromatic rings. The maximum Gasteiger partial charge on any atom is 0.350 e. The van der Waals surface area contributed by atoms with Crippen molar-refractivity contribution in [2.75, 3.05) is 28.4 Å². The van der Waals surface area contributed by atoms with Gasteiger partial charge in [-0.2, -0.15) is 0 Å². The first-order valence-electron chi connectivity index (χ1n) is 10.0. The molecule has 1 aliphatic rings. The highest BCUT2D eigenvalue weighted by atomic mass is 16.5. The lowest BCUT2D eigenvalue weighted by atomic mass is 9.79. The summed E-state index contributed by atoms with van der Waals surface area (Å²) in [7, 11) is 6.06. The van der Waals surface area contributed by atoms with Crippen LogP contribution in [-0.4, -0.2) is 50.3 Å². The number of carboxylic acids is 1. The number of aliphatic carboxylic acids is 1. The van der Waals surface area contributed by atoms with Crippen molar-refractivity contribution in [1.29, 1.82) is 0 Å². The smallest absolute Gasteiger partial charge is 0.350 e. The third-order valence-electron chi connectivity index (χ3n) is 5.44. The number of carbonyl (C=O) groups is 2. The molecule has 0 fully saturated rings. The van der Waals surface area contributed by atoms with Crippen molar-refractivity contribution in [2.24, 2.45) is 0 Å². The predicted molar refractivity (Wildman–Crippen MR) is 122 cm³/mol. The molecule has 8 nitrogen and oxygen atoms in total. The van der Waals surface area contributed by atoms with Crippen molar-refractivity contribution < 1.29 is 33.6 Å². The van der Waals surface area contributed by atoms with Gasteiger partial charge >= 0.3 is 11.9 Å². The van der Waals surface area contributed by atoms with Crippen LogP contribution >= 0.6 is 0 Å². The normalized spacial score (nSPS) is 15.3. The van der Waals surface area contributed by atoms with Gasteiger partial charge in [-0.05, 0) is 31.5 Å². The predicted octanol–water partition coefficient (Wildman–Crippen LogP) is 3.29. The fourth-order valence-electron chi connectivity index (χ4n) is 3.64. The van der Waals surface area contributed by atoms with E-state index in [0.29, 0.717) is 47.0 Å². The van der Waals surface area contributed by atoms with Gasteiger partial charge < -0.3 is 29.0 Å². The lowest BCUT2D eigenvalue weighted by Crippen LogP contribution is -2.32. The van der Waals surface area contributed by atoms with E-state index in [1.807, 2.05) is 0 Å². The zero-order valence-electron chi connectivity index (χ0n) is 19.6. The average molecular weight is 453 g/mol. The Bertz CT molecular complexity index is 1090. The second-order valence-electron chi connectivity index (χ2n) is 7.13. The maximum absolute atomic E-state index is 13.1.